The molecule has 0 heterocycles. The predicted octanol–water partition coefficient (Wildman–Crippen LogP) is -1.43. The summed E-state index contributed by atoms with van der Waals surface area (Å²) >= 11 is 0. The minimum absolute atomic E-state index is 0. The van der Waals surface area contributed by atoms with Crippen molar-refractivity contribution in [2.45, 2.75) is 0 Å². The van der Waals surface area contributed by atoms with Crippen LogP contribution >= 0.6 is 0 Å². The zero-order valence-corrected chi connectivity index (χ0v) is 6.63. The first-order chi connectivity index (χ1) is 0. The minimum Gasteiger partial charge on any atom is -0.412 e. The third kappa shape index (κ3) is 9.66. The van der Waals surface area contributed by atoms with E-state index in [-0.39, 0.29) is 67.5 Å². The minimum atomic E-state index is 0. The summed E-state index contributed by atoms with van der Waals surface area (Å²) in [6.07, 6.45) is 0. The number of halogens is 1. The van der Waals surface area contributed by atoms with Crippen molar-refractivity contribution in [3.63, 3.8) is 0 Å². The van der Waals surface area contributed by atoms with Gasteiger partial charge in [0.15, 0.2) is 0 Å². The van der Waals surface area contributed by atoms with Gasteiger partial charge in [0.05, 0.1) is 0 Å². The van der Waals surface area contributed by atoms with E-state index in [2.05, 4.69) is 0 Å². The van der Waals surface area contributed by atoms with Gasteiger partial charge in [0, 0.05) is 57.3 Å². The van der Waals surface area contributed by atoms with E-state index in [1.165, 1.54) is 0 Å². The molecule has 0 fully saturated rings. The van der Waals surface area contributed by atoms with Crippen LogP contribution < -0.4 is 0 Å². The maximum absolute atomic E-state index is 0. The second-order valence-electron chi connectivity index (χ2n) is 0. The van der Waals surface area contributed by atoms with Gasteiger partial charge in [-0.15, -0.1) is 0 Å². The van der Waals surface area contributed by atoms with Crippen molar-refractivity contribution in [2.75, 3.05) is 0 Å². The Bertz CT molecular complexity index is 8.00. The first-order valence-corrected chi connectivity index (χ1v) is 0. The number of rotatable bonds is 0. The summed E-state index contributed by atoms with van der Waals surface area (Å²) in [5.74, 6) is 0. The number of hydrogen-bond acceptors (Lipinski definition) is 0. The molecular formula is H3BBaFO. The molecule has 0 rings (SSSR count). The Balaban J connectivity index is 0. The Kier molecular flexibility index (Phi) is 294. The van der Waals surface area contributed by atoms with Gasteiger partial charge in [-0.25, -0.2) is 0 Å². The quantitative estimate of drug-likeness (QED) is 0.415. The maximum atomic E-state index is 0. The molecule has 1 nitrogen and oxygen atoms in total. The van der Waals surface area contributed by atoms with Crippen molar-refractivity contribution >= 4 is 57.3 Å². The van der Waals surface area contributed by atoms with Gasteiger partial charge in [0.25, 0.3) is 0 Å². The average molecular weight is 186 g/mol. The fourth-order valence-electron chi connectivity index (χ4n) is 0. The molecule has 2 N–H and O–H groups in total. The molecule has 0 aromatic heterocycles. The molecule has 0 unspecified atom stereocenters. The smallest absolute Gasteiger partial charge is 0 e. The van der Waals surface area contributed by atoms with E-state index in [4.69, 9.17) is 0 Å². The average Bonchev–Trinajstić information content (AvgIpc) is 0. The van der Waals surface area contributed by atoms with E-state index < -0.39 is 0 Å². The molecule has 0 amide bonds. The molecule has 0 aliphatic heterocycles. The van der Waals surface area contributed by atoms with E-state index in [0.717, 1.165) is 0 Å². The Morgan fingerprint density at radius 3 is 1.00 bits per heavy atom. The van der Waals surface area contributed by atoms with Crippen molar-refractivity contribution in [3.05, 3.63) is 0 Å². The standard InChI is InChI=1S/B.Ba.FH.H2O/h;;1H;1H2. The van der Waals surface area contributed by atoms with E-state index >= 15 is 0 Å². The van der Waals surface area contributed by atoms with Crippen LogP contribution in [0, 0.1) is 0 Å². The summed E-state index contributed by atoms with van der Waals surface area (Å²) in [5.41, 5.74) is 0. The van der Waals surface area contributed by atoms with Crippen LogP contribution in [-0.2, 0) is 0 Å². The molecule has 21 valence electrons. The molecular weight excluding hydrogens is 183 g/mol. The van der Waals surface area contributed by atoms with E-state index in [1.54, 1.807) is 0 Å². The molecule has 4 heteroatoms. The SMILES string of the molecule is F.O.[B].[Ba]. The molecule has 0 spiro atoms. The van der Waals surface area contributed by atoms with Crippen LogP contribution in [-0.4, -0.2) is 62.8 Å². The molecule has 0 saturated heterocycles. The van der Waals surface area contributed by atoms with Crippen LogP contribution in [0.25, 0.3) is 0 Å². The molecule has 0 aromatic rings. The second-order valence-corrected chi connectivity index (χ2v) is 0. The first-order valence-electron chi connectivity index (χ1n) is 0. The fourth-order valence-corrected chi connectivity index (χ4v) is 0. The Hall–Kier alpha value is 1.53. The van der Waals surface area contributed by atoms with E-state index in [0.29, 0.717) is 0 Å². The predicted molar refractivity (Wildman–Crippen MR) is 17.6 cm³/mol. The van der Waals surface area contributed by atoms with Gasteiger partial charge in [-0.1, -0.05) is 0 Å². The van der Waals surface area contributed by atoms with E-state index in [9.17, 15) is 0 Å². The van der Waals surface area contributed by atoms with Gasteiger partial charge >= 0.3 is 0 Å². The van der Waals surface area contributed by atoms with Crippen molar-refractivity contribution in [1.82, 2.24) is 0 Å². The summed E-state index contributed by atoms with van der Waals surface area (Å²) in [4.78, 5) is 0. The molecule has 0 saturated carbocycles. The summed E-state index contributed by atoms with van der Waals surface area (Å²) in [7, 11) is 0. The molecule has 0 bridgehead atoms. The van der Waals surface area contributed by atoms with Gasteiger partial charge in [0.1, 0.15) is 0 Å². The van der Waals surface area contributed by atoms with Crippen LogP contribution in [0.2, 0.25) is 0 Å². The van der Waals surface area contributed by atoms with Crippen LogP contribution in [0.4, 0.5) is 4.70 Å². The molecule has 0 aliphatic rings. The molecule has 0 aromatic carbocycles. The van der Waals surface area contributed by atoms with Crippen molar-refractivity contribution in [2.24, 2.45) is 0 Å². The van der Waals surface area contributed by atoms with Gasteiger partial charge in [0.2, 0.25) is 0 Å². The second kappa shape index (κ2) is 24.2. The van der Waals surface area contributed by atoms with Crippen molar-refractivity contribution < 1.29 is 10.2 Å². The van der Waals surface area contributed by atoms with Gasteiger partial charge < -0.3 is 5.48 Å². The van der Waals surface area contributed by atoms with Gasteiger partial charge in [-0.05, 0) is 0 Å². The fraction of sp³-hybridized carbons (Fsp3) is 0. The zero-order valence-electron chi connectivity index (χ0n) is 2.19. The number of hydrogen-bond donors (Lipinski definition) is 0. The molecule has 5 radical (unpaired) electrons. The Morgan fingerprint density at radius 2 is 1.00 bits per heavy atom. The third-order valence-electron chi connectivity index (χ3n) is 0. The third-order valence-corrected chi connectivity index (χ3v) is 0. The summed E-state index contributed by atoms with van der Waals surface area (Å²) < 4.78 is 0. The van der Waals surface area contributed by atoms with Crippen molar-refractivity contribution in [1.29, 1.82) is 0 Å². The van der Waals surface area contributed by atoms with Gasteiger partial charge in [-0.2, -0.15) is 0 Å². The monoisotopic (exact) mass is 187 g/mol. The van der Waals surface area contributed by atoms with Crippen molar-refractivity contribution in [3.8, 4) is 0 Å². The van der Waals surface area contributed by atoms with E-state index in [1.807, 2.05) is 0 Å². The first kappa shape index (κ1) is 48.6. The summed E-state index contributed by atoms with van der Waals surface area (Å²) in [6.45, 7) is 0. The Morgan fingerprint density at radius 1 is 1.00 bits per heavy atom. The van der Waals surface area contributed by atoms with Gasteiger partial charge in [-0.3, -0.25) is 4.70 Å². The largest absolute Gasteiger partial charge is 0.412 e. The molecule has 0 aliphatic carbocycles. The summed E-state index contributed by atoms with van der Waals surface area (Å²) in [5, 5.41) is 0. The molecule has 4 heavy (non-hydrogen) atoms. The van der Waals surface area contributed by atoms with Crippen LogP contribution in [0.15, 0.2) is 0 Å². The van der Waals surface area contributed by atoms with Crippen LogP contribution in [0.3, 0.4) is 0 Å². The zero-order chi connectivity index (χ0) is 0. The Labute approximate surface area is 66.5 Å². The topological polar surface area (TPSA) is 31.5 Å². The molecule has 0 atom stereocenters. The summed E-state index contributed by atoms with van der Waals surface area (Å²) in [6, 6.07) is 0. The van der Waals surface area contributed by atoms with Crippen LogP contribution in [0.1, 0.15) is 0 Å². The normalized spacial score (nSPS) is 0. The van der Waals surface area contributed by atoms with Crippen LogP contribution in [0.5, 0.6) is 0 Å². The maximum Gasteiger partial charge on any atom is 0 e.